The Morgan fingerprint density at radius 1 is 1.05 bits per heavy atom. The topological polar surface area (TPSA) is 87.0 Å². The molecule has 4 aromatic rings. The molecule has 0 saturated carbocycles. The monoisotopic (exact) mass is 527 g/mol. The first kappa shape index (κ1) is 24.1. The van der Waals surface area contributed by atoms with Crippen molar-refractivity contribution in [2.45, 2.75) is 25.4 Å². The number of pyridine rings is 2. The summed E-state index contributed by atoms with van der Waals surface area (Å²) in [6.07, 6.45) is 7.67. The normalized spacial score (nSPS) is 19.8. The molecular formula is C29H30FN7O2. The highest BCUT2D eigenvalue weighted by molar-refractivity contribution is 6.06. The Hall–Kier alpha value is -4.02. The number of benzene rings is 1. The van der Waals surface area contributed by atoms with Crippen molar-refractivity contribution in [3.05, 3.63) is 71.9 Å². The molecule has 7 rings (SSSR count). The maximum Gasteiger partial charge on any atom is 0.254 e. The Bertz CT molecular complexity index is 1530. The van der Waals surface area contributed by atoms with Crippen LogP contribution in [0.3, 0.4) is 0 Å². The summed E-state index contributed by atoms with van der Waals surface area (Å²) in [6, 6.07) is 11.3. The van der Waals surface area contributed by atoms with Crippen LogP contribution in [0.2, 0.25) is 0 Å². The number of imidazole rings is 1. The third-order valence-corrected chi connectivity index (χ3v) is 8.05. The smallest absolute Gasteiger partial charge is 0.254 e. The average Bonchev–Trinajstić information content (AvgIpc) is 3.58. The Balaban J connectivity index is 1.12. The third kappa shape index (κ3) is 4.49. The number of hydrogen-bond acceptors (Lipinski definition) is 7. The summed E-state index contributed by atoms with van der Waals surface area (Å²) in [5.74, 6) is 0.214. The third-order valence-electron chi connectivity index (χ3n) is 8.05. The van der Waals surface area contributed by atoms with E-state index in [0.717, 1.165) is 68.3 Å². The van der Waals surface area contributed by atoms with Gasteiger partial charge in [0, 0.05) is 56.6 Å². The second kappa shape index (κ2) is 9.94. The van der Waals surface area contributed by atoms with Gasteiger partial charge in [0.15, 0.2) is 0 Å². The zero-order valence-electron chi connectivity index (χ0n) is 21.6. The molecule has 0 spiro atoms. The van der Waals surface area contributed by atoms with Crippen LogP contribution in [0.15, 0.2) is 55.0 Å². The number of fused-ring (bicyclic) bond motifs is 2. The average molecular weight is 528 g/mol. The second-order valence-electron chi connectivity index (χ2n) is 10.3. The molecule has 6 heterocycles. The van der Waals surface area contributed by atoms with Gasteiger partial charge in [-0.05, 0) is 42.7 Å². The number of carbonyl (C=O) groups is 1. The molecule has 0 unspecified atom stereocenters. The minimum atomic E-state index is -0.336. The molecule has 2 saturated heterocycles. The van der Waals surface area contributed by atoms with Gasteiger partial charge < -0.3 is 20.3 Å². The van der Waals surface area contributed by atoms with Gasteiger partial charge in [-0.3, -0.25) is 14.1 Å². The molecule has 39 heavy (non-hydrogen) atoms. The maximum absolute atomic E-state index is 13.7. The van der Waals surface area contributed by atoms with Gasteiger partial charge in [-0.1, -0.05) is 6.07 Å². The van der Waals surface area contributed by atoms with Crippen LogP contribution in [0.1, 0.15) is 28.8 Å². The first-order valence-electron chi connectivity index (χ1n) is 13.5. The van der Waals surface area contributed by atoms with E-state index in [-0.39, 0.29) is 11.7 Å². The number of nitrogens with one attached hydrogen (secondary N) is 2. The van der Waals surface area contributed by atoms with Crippen LogP contribution in [-0.4, -0.2) is 70.6 Å². The molecule has 9 nitrogen and oxygen atoms in total. The number of carbonyl (C=O) groups excluding carboxylic acids is 1. The van der Waals surface area contributed by atoms with E-state index in [0.29, 0.717) is 35.3 Å². The number of ether oxygens (including phenoxy) is 1. The predicted octanol–water partition coefficient (Wildman–Crippen LogP) is 3.82. The predicted molar refractivity (Wildman–Crippen MR) is 147 cm³/mol. The van der Waals surface area contributed by atoms with Gasteiger partial charge in [-0.2, -0.15) is 0 Å². The summed E-state index contributed by atoms with van der Waals surface area (Å²) >= 11 is 0. The highest BCUT2D eigenvalue weighted by Gasteiger charge is 2.28. The van der Waals surface area contributed by atoms with Gasteiger partial charge in [0.05, 0.1) is 48.2 Å². The summed E-state index contributed by atoms with van der Waals surface area (Å²) in [7, 11) is 0. The quantitative estimate of drug-likeness (QED) is 0.408. The first-order valence-corrected chi connectivity index (χ1v) is 13.5. The van der Waals surface area contributed by atoms with E-state index in [2.05, 4.69) is 31.5 Å². The SMILES string of the molecule is O=C1NCc2c(-c3cnc4cc(F)ccn34)ccc(Nc3ccc(N4CCC[C@H](N5CCOCC5)C4)cn3)c21. The Labute approximate surface area is 225 Å². The lowest BCUT2D eigenvalue weighted by Gasteiger charge is -2.41. The highest BCUT2D eigenvalue weighted by atomic mass is 19.1. The fourth-order valence-corrected chi connectivity index (χ4v) is 6.06. The molecule has 2 N–H and O–H groups in total. The molecule has 3 aromatic heterocycles. The summed E-state index contributed by atoms with van der Waals surface area (Å²) in [4.78, 5) is 26.9. The summed E-state index contributed by atoms with van der Waals surface area (Å²) in [5.41, 5.74) is 5.51. The summed E-state index contributed by atoms with van der Waals surface area (Å²) in [6.45, 7) is 6.09. The van der Waals surface area contributed by atoms with E-state index in [4.69, 9.17) is 9.72 Å². The van der Waals surface area contributed by atoms with Crippen LogP contribution in [-0.2, 0) is 11.3 Å². The number of anilines is 3. The fourth-order valence-electron chi connectivity index (χ4n) is 6.06. The zero-order chi connectivity index (χ0) is 26.3. The molecule has 200 valence electrons. The van der Waals surface area contributed by atoms with E-state index in [1.165, 1.54) is 18.6 Å². The highest BCUT2D eigenvalue weighted by Crippen LogP contribution is 2.35. The molecule has 3 aliphatic rings. The van der Waals surface area contributed by atoms with Crippen LogP contribution < -0.4 is 15.5 Å². The van der Waals surface area contributed by atoms with Crippen molar-refractivity contribution >= 4 is 28.7 Å². The fraction of sp³-hybridized carbons (Fsp3) is 0.345. The summed E-state index contributed by atoms with van der Waals surface area (Å²) in [5, 5.41) is 6.30. The van der Waals surface area contributed by atoms with Gasteiger partial charge in [0.25, 0.3) is 5.91 Å². The molecule has 0 radical (unpaired) electrons. The lowest BCUT2D eigenvalue weighted by molar-refractivity contribution is 0.0137. The largest absolute Gasteiger partial charge is 0.379 e. The first-order chi connectivity index (χ1) is 19.1. The molecule has 1 aromatic carbocycles. The van der Waals surface area contributed by atoms with E-state index in [1.807, 2.05) is 28.8 Å². The van der Waals surface area contributed by atoms with E-state index < -0.39 is 0 Å². The Morgan fingerprint density at radius 3 is 2.79 bits per heavy atom. The second-order valence-corrected chi connectivity index (χ2v) is 10.3. The standard InChI is InChI=1S/C29H30FN7O2/c30-19-7-9-37-25(17-32-27(37)14-19)22-4-5-24(28-23(22)16-33-29(28)38)34-26-6-3-20(15-31-26)36-8-1-2-21(18-36)35-10-12-39-13-11-35/h3-7,9,14-15,17,21H,1-2,8,10-13,16,18H2,(H,31,34)(H,33,38)/t21-/m0/s1. The number of hydrogen-bond donors (Lipinski definition) is 2. The lowest BCUT2D eigenvalue weighted by atomic mass is 9.99. The van der Waals surface area contributed by atoms with Crippen molar-refractivity contribution in [3.63, 3.8) is 0 Å². The van der Waals surface area contributed by atoms with Gasteiger partial charge in [-0.25, -0.2) is 14.4 Å². The van der Waals surface area contributed by atoms with Crippen molar-refractivity contribution in [2.75, 3.05) is 49.6 Å². The van der Waals surface area contributed by atoms with Gasteiger partial charge in [0.1, 0.15) is 17.3 Å². The van der Waals surface area contributed by atoms with Gasteiger partial charge >= 0.3 is 0 Å². The zero-order valence-corrected chi connectivity index (χ0v) is 21.6. The van der Waals surface area contributed by atoms with E-state index >= 15 is 0 Å². The number of amides is 1. The van der Waals surface area contributed by atoms with E-state index in [9.17, 15) is 9.18 Å². The molecular weight excluding hydrogens is 497 g/mol. The minimum absolute atomic E-state index is 0.131. The molecule has 1 amide bonds. The number of aromatic nitrogens is 3. The number of nitrogens with zero attached hydrogens (tertiary/aromatic N) is 5. The van der Waals surface area contributed by atoms with Crippen molar-refractivity contribution < 1.29 is 13.9 Å². The number of piperidine rings is 1. The van der Waals surface area contributed by atoms with Crippen LogP contribution in [0, 0.1) is 5.82 Å². The van der Waals surface area contributed by atoms with Crippen LogP contribution >= 0.6 is 0 Å². The van der Waals surface area contributed by atoms with Gasteiger partial charge in [0.2, 0.25) is 0 Å². The maximum atomic E-state index is 13.7. The summed E-state index contributed by atoms with van der Waals surface area (Å²) < 4.78 is 21.0. The minimum Gasteiger partial charge on any atom is -0.379 e. The lowest BCUT2D eigenvalue weighted by Crippen LogP contribution is -2.51. The molecule has 2 fully saturated rings. The van der Waals surface area contributed by atoms with Crippen molar-refractivity contribution in [1.82, 2.24) is 24.6 Å². The number of morpholine rings is 1. The Kier molecular flexibility index (Phi) is 6.13. The van der Waals surface area contributed by atoms with Crippen LogP contribution in [0.25, 0.3) is 16.9 Å². The van der Waals surface area contributed by atoms with Crippen molar-refractivity contribution in [1.29, 1.82) is 0 Å². The molecule has 0 aliphatic carbocycles. The van der Waals surface area contributed by atoms with E-state index in [1.54, 1.807) is 12.4 Å². The van der Waals surface area contributed by atoms with Crippen LogP contribution in [0.4, 0.5) is 21.6 Å². The molecule has 0 bridgehead atoms. The van der Waals surface area contributed by atoms with Crippen LogP contribution in [0.5, 0.6) is 0 Å². The van der Waals surface area contributed by atoms with Gasteiger partial charge in [-0.15, -0.1) is 0 Å². The van der Waals surface area contributed by atoms with Crippen molar-refractivity contribution in [2.24, 2.45) is 0 Å². The molecule has 1 atom stereocenters. The molecule has 3 aliphatic heterocycles. The number of halogens is 1. The Morgan fingerprint density at radius 2 is 1.95 bits per heavy atom. The van der Waals surface area contributed by atoms with Crippen molar-refractivity contribution in [3.8, 4) is 11.3 Å². The molecule has 10 heteroatoms. The number of rotatable bonds is 5.